The molecule has 0 aromatic carbocycles. The van der Waals surface area contributed by atoms with E-state index in [1.807, 2.05) is 0 Å². The molecule has 0 atom stereocenters. The number of ether oxygens (including phenoxy) is 1. The van der Waals surface area contributed by atoms with E-state index in [-0.39, 0.29) is 0 Å². The van der Waals surface area contributed by atoms with Gasteiger partial charge in [-0.3, -0.25) is 0 Å². The summed E-state index contributed by atoms with van der Waals surface area (Å²) >= 11 is 0. The molecule has 0 amide bonds. The SMILES string of the molecule is CC(C)OCC1CC(N(C)C)C1. The van der Waals surface area contributed by atoms with E-state index in [0.717, 1.165) is 18.6 Å². The zero-order valence-corrected chi connectivity index (χ0v) is 8.71. The van der Waals surface area contributed by atoms with Crippen LogP contribution in [0.3, 0.4) is 0 Å². The monoisotopic (exact) mass is 171 g/mol. The van der Waals surface area contributed by atoms with Crippen LogP contribution in [-0.2, 0) is 4.74 Å². The Labute approximate surface area is 75.9 Å². The van der Waals surface area contributed by atoms with Crippen LogP contribution in [0.2, 0.25) is 0 Å². The highest BCUT2D eigenvalue weighted by Gasteiger charge is 2.30. The van der Waals surface area contributed by atoms with E-state index in [2.05, 4.69) is 32.8 Å². The third-order valence-corrected chi connectivity index (χ3v) is 2.61. The van der Waals surface area contributed by atoms with Crippen LogP contribution in [0.15, 0.2) is 0 Å². The molecule has 1 saturated carbocycles. The van der Waals surface area contributed by atoms with Crippen molar-refractivity contribution >= 4 is 0 Å². The minimum Gasteiger partial charge on any atom is -0.379 e. The molecule has 0 unspecified atom stereocenters. The standard InChI is InChI=1S/C10H21NO/c1-8(2)12-7-9-5-10(6-9)11(3)4/h8-10H,5-7H2,1-4H3. The first kappa shape index (κ1) is 10.0. The molecule has 0 aromatic heterocycles. The first-order valence-corrected chi connectivity index (χ1v) is 4.87. The smallest absolute Gasteiger partial charge is 0.0519 e. The fourth-order valence-corrected chi connectivity index (χ4v) is 1.59. The van der Waals surface area contributed by atoms with Crippen LogP contribution in [-0.4, -0.2) is 37.7 Å². The summed E-state index contributed by atoms with van der Waals surface area (Å²) in [5.41, 5.74) is 0. The average Bonchev–Trinajstić information content (AvgIpc) is 1.82. The summed E-state index contributed by atoms with van der Waals surface area (Å²) in [4.78, 5) is 2.31. The molecule has 0 heterocycles. The molecule has 0 saturated heterocycles. The molecule has 12 heavy (non-hydrogen) atoms. The molecule has 2 heteroatoms. The quantitative estimate of drug-likeness (QED) is 0.639. The Morgan fingerprint density at radius 3 is 2.33 bits per heavy atom. The van der Waals surface area contributed by atoms with Crippen molar-refractivity contribution in [2.75, 3.05) is 20.7 Å². The Morgan fingerprint density at radius 2 is 1.92 bits per heavy atom. The first-order valence-electron chi connectivity index (χ1n) is 4.87. The maximum Gasteiger partial charge on any atom is 0.0519 e. The van der Waals surface area contributed by atoms with Crippen molar-refractivity contribution in [1.82, 2.24) is 4.90 Å². The predicted molar refractivity (Wildman–Crippen MR) is 51.3 cm³/mol. The van der Waals surface area contributed by atoms with Crippen molar-refractivity contribution in [2.45, 2.75) is 38.8 Å². The van der Waals surface area contributed by atoms with Gasteiger partial charge in [0.15, 0.2) is 0 Å². The number of rotatable bonds is 4. The van der Waals surface area contributed by atoms with Gasteiger partial charge < -0.3 is 9.64 Å². The molecular weight excluding hydrogens is 150 g/mol. The summed E-state index contributed by atoms with van der Waals surface area (Å²) in [6, 6.07) is 0.811. The molecule has 72 valence electrons. The topological polar surface area (TPSA) is 12.5 Å². The second kappa shape index (κ2) is 4.24. The Kier molecular flexibility index (Phi) is 3.53. The van der Waals surface area contributed by atoms with Crippen molar-refractivity contribution in [2.24, 2.45) is 5.92 Å². The first-order chi connectivity index (χ1) is 5.59. The van der Waals surface area contributed by atoms with Crippen LogP contribution in [0, 0.1) is 5.92 Å². The van der Waals surface area contributed by atoms with Crippen molar-refractivity contribution in [3.63, 3.8) is 0 Å². The van der Waals surface area contributed by atoms with Crippen molar-refractivity contribution in [1.29, 1.82) is 0 Å². The molecule has 1 aliphatic rings. The van der Waals surface area contributed by atoms with Crippen LogP contribution in [0.25, 0.3) is 0 Å². The van der Waals surface area contributed by atoms with Crippen LogP contribution in [0.1, 0.15) is 26.7 Å². The molecule has 1 aliphatic carbocycles. The van der Waals surface area contributed by atoms with Crippen molar-refractivity contribution in [3.05, 3.63) is 0 Å². The van der Waals surface area contributed by atoms with E-state index in [4.69, 9.17) is 4.74 Å². The highest BCUT2D eigenvalue weighted by Crippen LogP contribution is 2.30. The van der Waals surface area contributed by atoms with Gasteiger partial charge in [-0.05, 0) is 46.7 Å². The van der Waals surface area contributed by atoms with Gasteiger partial charge in [-0.25, -0.2) is 0 Å². The van der Waals surface area contributed by atoms with Crippen LogP contribution in [0.4, 0.5) is 0 Å². The highest BCUT2D eigenvalue weighted by molar-refractivity contribution is 4.84. The molecule has 0 spiro atoms. The zero-order chi connectivity index (χ0) is 9.14. The normalized spacial score (nSPS) is 29.5. The Morgan fingerprint density at radius 1 is 1.33 bits per heavy atom. The van der Waals surface area contributed by atoms with E-state index < -0.39 is 0 Å². The lowest BCUT2D eigenvalue weighted by atomic mass is 9.80. The number of hydrogen-bond donors (Lipinski definition) is 0. The van der Waals surface area contributed by atoms with E-state index >= 15 is 0 Å². The fraction of sp³-hybridized carbons (Fsp3) is 1.00. The lowest BCUT2D eigenvalue weighted by Crippen LogP contribution is -2.42. The van der Waals surface area contributed by atoms with Gasteiger partial charge in [-0.1, -0.05) is 0 Å². The predicted octanol–water partition coefficient (Wildman–Crippen LogP) is 1.75. The second-order valence-corrected chi connectivity index (χ2v) is 4.34. The maximum absolute atomic E-state index is 5.56. The van der Waals surface area contributed by atoms with E-state index in [9.17, 15) is 0 Å². The minimum absolute atomic E-state index is 0.392. The average molecular weight is 171 g/mol. The molecule has 2 nitrogen and oxygen atoms in total. The third-order valence-electron chi connectivity index (χ3n) is 2.61. The zero-order valence-electron chi connectivity index (χ0n) is 8.71. The molecular formula is C10H21NO. The summed E-state index contributed by atoms with van der Waals surface area (Å²) in [5, 5.41) is 0. The lowest BCUT2D eigenvalue weighted by molar-refractivity contribution is 0.00181. The minimum atomic E-state index is 0.392. The van der Waals surface area contributed by atoms with Gasteiger partial charge in [-0.15, -0.1) is 0 Å². The van der Waals surface area contributed by atoms with Crippen molar-refractivity contribution < 1.29 is 4.74 Å². The lowest BCUT2D eigenvalue weighted by Gasteiger charge is -2.39. The van der Waals surface area contributed by atoms with Gasteiger partial charge in [0.25, 0.3) is 0 Å². The van der Waals surface area contributed by atoms with Crippen LogP contribution >= 0.6 is 0 Å². The maximum atomic E-state index is 5.56. The van der Waals surface area contributed by atoms with Crippen LogP contribution in [0.5, 0.6) is 0 Å². The van der Waals surface area contributed by atoms with E-state index in [1.54, 1.807) is 0 Å². The van der Waals surface area contributed by atoms with Gasteiger partial charge in [-0.2, -0.15) is 0 Å². The largest absolute Gasteiger partial charge is 0.379 e. The summed E-state index contributed by atoms with van der Waals surface area (Å²) in [6.07, 6.45) is 3.03. The Bertz CT molecular complexity index is 125. The molecule has 0 aliphatic heterocycles. The van der Waals surface area contributed by atoms with Gasteiger partial charge in [0.1, 0.15) is 0 Å². The molecule has 0 radical (unpaired) electrons. The van der Waals surface area contributed by atoms with E-state index in [0.29, 0.717) is 6.10 Å². The molecule has 1 rings (SSSR count). The summed E-state index contributed by atoms with van der Waals surface area (Å²) < 4.78 is 5.56. The summed E-state index contributed by atoms with van der Waals surface area (Å²) in [6.45, 7) is 5.16. The van der Waals surface area contributed by atoms with E-state index in [1.165, 1.54) is 12.8 Å². The summed E-state index contributed by atoms with van der Waals surface area (Å²) in [5.74, 6) is 0.819. The summed E-state index contributed by atoms with van der Waals surface area (Å²) in [7, 11) is 4.31. The molecule has 0 N–H and O–H groups in total. The second-order valence-electron chi connectivity index (χ2n) is 4.34. The fourth-order valence-electron chi connectivity index (χ4n) is 1.59. The Hall–Kier alpha value is -0.0800. The van der Waals surface area contributed by atoms with Gasteiger partial charge in [0, 0.05) is 12.6 Å². The molecule has 0 bridgehead atoms. The van der Waals surface area contributed by atoms with Gasteiger partial charge in [0.2, 0.25) is 0 Å². The van der Waals surface area contributed by atoms with Crippen LogP contribution < -0.4 is 0 Å². The molecule has 0 aromatic rings. The third kappa shape index (κ3) is 2.76. The number of hydrogen-bond acceptors (Lipinski definition) is 2. The molecule has 1 fully saturated rings. The Balaban J connectivity index is 2.02. The van der Waals surface area contributed by atoms with Gasteiger partial charge in [0.05, 0.1) is 6.10 Å². The van der Waals surface area contributed by atoms with Crippen molar-refractivity contribution in [3.8, 4) is 0 Å². The number of nitrogens with zero attached hydrogens (tertiary/aromatic N) is 1. The highest BCUT2D eigenvalue weighted by atomic mass is 16.5. The van der Waals surface area contributed by atoms with Gasteiger partial charge >= 0.3 is 0 Å².